The molecular weight excluding hydrogens is 378 g/mol. The van der Waals surface area contributed by atoms with Crippen LogP contribution in [0.3, 0.4) is 0 Å². The summed E-state index contributed by atoms with van der Waals surface area (Å²) in [5, 5.41) is 2.33. The third kappa shape index (κ3) is 3.29. The lowest BCUT2D eigenvalue weighted by Crippen LogP contribution is -2.11. The normalized spacial score (nSPS) is 11.9. The van der Waals surface area contributed by atoms with Crippen LogP contribution in [0.5, 0.6) is 0 Å². The molecule has 0 spiro atoms. The zero-order valence-electron chi connectivity index (χ0n) is 18.5. The van der Waals surface area contributed by atoms with Gasteiger partial charge in [-0.25, -0.2) is 0 Å². The van der Waals surface area contributed by atoms with E-state index in [0.29, 0.717) is 0 Å². The van der Waals surface area contributed by atoms with Crippen molar-refractivity contribution in [3.8, 4) is 11.1 Å². The summed E-state index contributed by atoms with van der Waals surface area (Å²) in [5.41, 5.74) is 7.79. The maximum Gasteiger partial charge on any atom is 0.159 e. The van der Waals surface area contributed by atoms with Gasteiger partial charge in [0, 0.05) is 34.6 Å². The minimum Gasteiger partial charge on any atom is -0.454 e. The first-order valence-electron chi connectivity index (χ1n) is 10.8. The number of rotatable bonds is 3. The second kappa shape index (κ2) is 7.31. The summed E-state index contributed by atoms with van der Waals surface area (Å²) in [6.45, 7) is 6.70. The van der Waals surface area contributed by atoms with E-state index >= 15 is 0 Å². The maximum atomic E-state index is 6.59. The molecule has 2 nitrogen and oxygen atoms in total. The van der Waals surface area contributed by atoms with Crippen LogP contribution in [0.4, 0.5) is 11.4 Å². The number of anilines is 2. The molecule has 0 amide bonds. The highest BCUT2D eigenvalue weighted by molar-refractivity contribution is 6.10. The van der Waals surface area contributed by atoms with Crippen molar-refractivity contribution in [1.29, 1.82) is 0 Å². The Morgan fingerprint density at radius 3 is 1.97 bits per heavy atom. The Hall–Kier alpha value is -3.52. The van der Waals surface area contributed by atoms with Crippen molar-refractivity contribution in [1.82, 2.24) is 0 Å². The average molecular weight is 406 g/mol. The Morgan fingerprint density at radius 1 is 0.613 bits per heavy atom. The van der Waals surface area contributed by atoms with Gasteiger partial charge in [-0.15, -0.1) is 0 Å². The van der Waals surface area contributed by atoms with Crippen LogP contribution in [0.1, 0.15) is 26.3 Å². The highest BCUT2D eigenvalue weighted by Gasteiger charge is 2.22. The largest absolute Gasteiger partial charge is 0.454 e. The first-order valence-corrected chi connectivity index (χ1v) is 10.8. The molecule has 0 N–H and O–H groups in total. The van der Waals surface area contributed by atoms with E-state index in [1.54, 1.807) is 0 Å². The third-order valence-electron chi connectivity index (χ3n) is 6.02. The summed E-state index contributed by atoms with van der Waals surface area (Å²) in [7, 11) is 2.12. The molecule has 154 valence electrons. The lowest BCUT2D eigenvalue weighted by atomic mass is 9.86. The third-order valence-corrected chi connectivity index (χ3v) is 6.02. The summed E-state index contributed by atoms with van der Waals surface area (Å²) >= 11 is 0. The minimum atomic E-state index is 0.0133. The summed E-state index contributed by atoms with van der Waals surface area (Å²) in [5.74, 6) is 0. The molecule has 0 unspecified atom stereocenters. The Morgan fingerprint density at radius 2 is 1.23 bits per heavy atom. The van der Waals surface area contributed by atoms with Crippen molar-refractivity contribution in [3.05, 3.63) is 96.6 Å². The summed E-state index contributed by atoms with van der Waals surface area (Å²) in [6.07, 6.45) is 0. The Bertz CT molecular complexity index is 1370. The highest BCUT2D eigenvalue weighted by atomic mass is 16.3. The summed E-state index contributed by atoms with van der Waals surface area (Å²) in [6, 6.07) is 32.0. The van der Waals surface area contributed by atoms with Gasteiger partial charge in [-0.3, -0.25) is 0 Å². The van der Waals surface area contributed by atoms with Crippen molar-refractivity contribution >= 4 is 33.3 Å². The maximum absolute atomic E-state index is 6.59. The SMILES string of the molecule is CN(c1ccccc1-c1ccccc1)c1cccc2c1oc1c(C(C)(C)C)cccc12. The zero-order valence-corrected chi connectivity index (χ0v) is 18.5. The molecule has 0 aliphatic carbocycles. The van der Waals surface area contributed by atoms with Crippen LogP contribution >= 0.6 is 0 Å². The number of nitrogens with zero attached hydrogens (tertiary/aromatic N) is 1. The minimum absolute atomic E-state index is 0.0133. The van der Waals surface area contributed by atoms with Crippen molar-refractivity contribution in [2.45, 2.75) is 26.2 Å². The predicted molar refractivity (Wildman–Crippen MR) is 132 cm³/mol. The van der Waals surface area contributed by atoms with Crippen LogP contribution in [0.2, 0.25) is 0 Å². The molecule has 0 aliphatic heterocycles. The number of hydrogen-bond acceptors (Lipinski definition) is 2. The van der Waals surface area contributed by atoms with Crippen molar-refractivity contribution in [2.24, 2.45) is 0 Å². The lowest BCUT2D eigenvalue weighted by molar-refractivity contribution is 0.573. The van der Waals surface area contributed by atoms with Gasteiger partial charge in [0.05, 0.1) is 5.69 Å². The molecule has 0 aliphatic rings. The Labute approximate surface area is 183 Å². The molecule has 0 bridgehead atoms. The number of benzene rings is 4. The second-order valence-corrected chi connectivity index (χ2v) is 9.13. The van der Waals surface area contributed by atoms with Crippen LogP contribution in [-0.2, 0) is 5.41 Å². The quantitative estimate of drug-likeness (QED) is 0.300. The predicted octanol–water partition coefficient (Wildman–Crippen LogP) is 8.32. The fourth-order valence-corrected chi connectivity index (χ4v) is 4.42. The molecule has 4 aromatic carbocycles. The second-order valence-electron chi connectivity index (χ2n) is 9.13. The van der Waals surface area contributed by atoms with Crippen molar-refractivity contribution in [2.75, 3.05) is 11.9 Å². The van der Waals surface area contributed by atoms with Gasteiger partial charge >= 0.3 is 0 Å². The standard InChI is InChI=1S/C29H27NO/c1-29(2,3)24-17-10-15-22-23-16-11-19-26(28(23)31-27(22)24)30(4)25-18-9-8-14-21(25)20-12-6-5-7-13-20/h5-19H,1-4H3. The van der Waals surface area contributed by atoms with Gasteiger partial charge in [0.1, 0.15) is 5.58 Å². The van der Waals surface area contributed by atoms with E-state index < -0.39 is 0 Å². The molecule has 0 saturated heterocycles. The number of para-hydroxylation sites is 3. The van der Waals surface area contributed by atoms with Crippen molar-refractivity contribution < 1.29 is 4.42 Å². The van der Waals surface area contributed by atoms with E-state index in [-0.39, 0.29) is 5.41 Å². The molecule has 0 radical (unpaired) electrons. The Balaban J connectivity index is 1.72. The van der Waals surface area contributed by atoms with Gasteiger partial charge in [-0.1, -0.05) is 99.6 Å². The van der Waals surface area contributed by atoms with Gasteiger partial charge in [0.25, 0.3) is 0 Å². The molecule has 0 fully saturated rings. The van der Waals surface area contributed by atoms with E-state index in [4.69, 9.17) is 4.42 Å². The van der Waals surface area contributed by atoms with Crippen LogP contribution < -0.4 is 4.90 Å². The molecule has 1 aromatic heterocycles. The molecule has 5 aromatic rings. The highest BCUT2D eigenvalue weighted by Crippen LogP contribution is 2.42. The van der Waals surface area contributed by atoms with Crippen LogP contribution in [0.15, 0.2) is 95.4 Å². The lowest BCUT2D eigenvalue weighted by Gasteiger charge is -2.23. The average Bonchev–Trinajstić information content (AvgIpc) is 3.17. The van der Waals surface area contributed by atoms with E-state index in [2.05, 4.69) is 124 Å². The molecule has 0 saturated carbocycles. The number of fused-ring (bicyclic) bond motifs is 3. The fourth-order valence-electron chi connectivity index (χ4n) is 4.42. The van der Waals surface area contributed by atoms with Gasteiger partial charge in [0.15, 0.2) is 5.58 Å². The first-order chi connectivity index (χ1) is 14.9. The monoisotopic (exact) mass is 405 g/mol. The molecule has 31 heavy (non-hydrogen) atoms. The molecule has 2 heteroatoms. The topological polar surface area (TPSA) is 16.4 Å². The number of hydrogen-bond donors (Lipinski definition) is 0. The van der Waals surface area contributed by atoms with E-state index in [1.165, 1.54) is 22.1 Å². The van der Waals surface area contributed by atoms with Gasteiger partial charge in [0.2, 0.25) is 0 Å². The van der Waals surface area contributed by atoms with Gasteiger partial charge < -0.3 is 9.32 Å². The smallest absolute Gasteiger partial charge is 0.159 e. The van der Waals surface area contributed by atoms with E-state index in [9.17, 15) is 0 Å². The van der Waals surface area contributed by atoms with Gasteiger partial charge in [-0.2, -0.15) is 0 Å². The molecule has 5 rings (SSSR count). The molecule has 1 heterocycles. The van der Waals surface area contributed by atoms with Crippen LogP contribution in [0, 0.1) is 0 Å². The summed E-state index contributed by atoms with van der Waals surface area (Å²) < 4.78 is 6.59. The van der Waals surface area contributed by atoms with Gasteiger partial charge in [-0.05, 0) is 23.1 Å². The number of furan rings is 1. The van der Waals surface area contributed by atoms with E-state index in [1.807, 2.05) is 0 Å². The zero-order chi connectivity index (χ0) is 21.6. The van der Waals surface area contributed by atoms with Crippen LogP contribution in [0.25, 0.3) is 33.1 Å². The van der Waals surface area contributed by atoms with Crippen molar-refractivity contribution in [3.63, 3.8) is 0 Å². The van der Waals surface area contributed by atoms with Crippen LogP contribution in [-0.4, -0.2) is 7.05 Å². The first kappa shape index (κ1) is 19.4. The molecular formula is C29H27NO. The summed E-state index contributed by atoms with van der Waals surface area (Å²) in [4.78, 5) is 2.24. The fraction of sp³-hybridized carbons (Fsp3) is 0.172. The van der Waals surface area contributed by atoms with E-state index in [0.717, 1.165) is 27.9 Å². The molecule has 0 atom stereocenters. The Kier molecular flexibility index (Phi) is 4.59.